The molecular weight excluding hydrogens is 174 g/mol. The lowest BCUT2D eigenvalue weighted by Gasteiger charge is -2.00. The summed E-state index contributed by atoms with van der Waals surface area (Å²) in [5, 5.41) is 0. The van der Waals surface area contributed by atoms with Crippen LogP contribution in [0.5, 0.6) is 5.75 Å². The third-order valence-electron chi connectivity index (χ3n) is 1.22. The number of rotatable bonds is 2. The van der Waals surface area contributed by atoms with Gasteiger partial charge in [0.05, 0.1) is 11.8 Å². The van der Waals surface area contributed by atoms with E-state index in [1.165, 1.54) is 18.5 Å². The zero-order valence-corrected chi connectivity index (χ0v) is 6.56. The van der Waals surface area contributed by atoms with Gasteiger partial charge in [0.25, 0.3) is 0 Å². The highest BCUT2D eigenvalue weighted by Gasteiger charge is 2.04. The molecule has 2 amide bonds. The Morgan fingerprint density at radius 1 is 1.31 bits per heavy atom. The molecule has 0 aliphatic heterocycles. The van der Waals surface area contributed by atoms with Gasteiger partial charge in [0.1, 0.15) is 0 Å². The molecule has 0 radical (unpaired) electrons. The average Bonchev–Trinajstić information content (AvgIpc) is 2.03. The van der Waals surface area contributed by atoms with Crippen molar-refractivity contribution in [2.75, 3.05) is 0 Å². The van der Waals surface area contributed by atoms with E-state index in [0.717, 1.165) is 0 Å². The number of amides is 2. The first-order valence-electron chi connectivity index (χ1n) is 3.31. The molecule has 4 N–H and O–H groups in total. The van der Waals surface area contributed by atoms with Crippen molar-refractivity contribution in [1.82, 2.24) is 4.98 Å². The van der Waals surface area contributed by atoms with Gasteiger partial charge < -0.3 is 16.2 Å². The Morgan fingerprint density at radius 3 is 2.54 bits per heavy atom. The fourth-order valence-corrected chi connectivity index (χ4v) is 0.726. The van der Waals surface area contributed by atoms with Gasteiger partial charge in [0, 0.05) is 6.20 Å². The number of carbonyl (C=O) groups is 2. The van der Waals surface area contributed by atoms with Crippen molar-refractivity contribution in [1.29, 1.82) is 0 Å². The first-order valence-corrected chi connectivity index (χ1v) is 3.31. The summed E-state index contributed by atoms with van der Waals surface area (Å²) in [5.74, 6) is -0.564. The highest BCUT2D eigenvalue weighted by Crippen LogP contribution is 2.10. The maximum Gasteiger partial charge on any atom is 0.410 e. The standard InChI is InChI=1S/C7H7N3O3/c8-6(11)4-1-5(3-10-2-4)13-7(9)12/h1-3H,(H2,8,11)(H2,9,12). The molecule has 0 aromatic carbocycles. The molecule has 0 spiro atoms. The minimum absolute atomic E-state index is 0.0869. The fraction of sp³-hybridized carbons (Fsp3) is 0. The summed E-state index contributed by atoms with van der Waals surface area (Å²) in [5.41, 5.74) is 9.86. The monoisotopic (exact) mass is 181 g/mol. The Balaban J connectivity index is 2.91. The summed E-state index contributed by atoms with van der Waals surface area (Å²) in [6.45, 7) is 0. The van der Waals surface area contributed by atoms with Crippen molar-refractivity contribution in [2.45, 2.75) is 0 Å². The Hall–Kier alpha value is -2.11. The molecule has 6 nitrogen and oxygen atoms in total. The molecule has 0 aliphatic rings. The Morgan fingerprint density at radius 2 is 2.00 bits per heavy atom. The fourth-order valence-electron chi connectivity index (χ4n) is 0.726. The number of ether oxygens (including phenoxy) is 1. The summed E-state index contributed by atoms with van der Waals surface area (Å²) < 4.78 is 4.47. The summed E-state index contributed by atoms with van der Waals surface area (Å²) in [7, 11) is 0. The van der Waals surface area contributed by atoms with E-state index in [0.29, 0.717) is 0 Å². The largest absolute Gasteiger partial charge is 0.410 e. The van der Waals surface area contributed by atoms with Gasteiger partial charge in [-0.05, 0) is 6.07 Å². The van der Waals surface area contributed by atoms with Gasteiger partial charge in [-0.2, -0.15) is 0 Å². The van der Waals surface area contributed by atoms with Crippen LogP contribution in [0.3, 0.4) is 0 Å². The molecule has 1 rings (SSSR count). The summed E-state index contributed by atoms with van der Waals surface area (Å²) in [6, 6.07) is 1.28. The molecule has 13 heavy (non-hydrogen) atoms. The number of pyridine rings is 1. The van der Waals surface area contributed by atoms with Gasteiger partial charge in [-0.25, -0.2) is 4.79 Å². The third-order valence-corrected chi connectivity index (χ3v) is 1.22. The highest BCUT2D eigenvalue weighted by molar-refractivity contribution is 5.92. The molecule has 6 heteroatoms. The van der Waals surface area contributed by atoms with Crippen LogP contribution in [0.25, 0.3) is 0 Å². The van der Waals surface area contributed by atoms with Gasteiger partial charge in [0.2, 0.25) is 5.91 Å². The second-order valence-electron chi connectivity index (χ2n) is 2.19. The second kappa shape index (κ2) is 3.53. The normalized spacial score (nSPS) is 9.23. The zero-order chi connectivity index (χ0) is 9.84. The van der Waals surface area contributed by atoms with Gasteiger partial charge >= 0.3 is 6.09 Å². The number of nitrogens with zero attached hydrogens (tertiary/aromatic N) is 1. The maximum absolute atomic E-state index is 10.6. The van der Waals surface area contributed by atoms with E-state index in [1.54, 1.807) is 0 Å². The van der Waals surface area contributed by atoms with Gasteiger partial charge in [-0.1, -0.05) is 0 Å². The van der Waals surface area contributed by atoms with Gasteiger partial charge in [-0.3, -0.25) is 9.78 Å². The smallest absolute Gasteiger partial charge is 0.409 e. The van der Waals surface area contributed by atoms with E-state index in [2.05, 4.69) is 9.72 Å². The number of nitrogens with two attached hydrogens (primary N) is 2. The van der Waals surface area contributed by atoms with Crippen molar-refractivity contribution in [2.24, 2.45) is 11.5 Å². The molecule has 68 valence electrons. The predicted molar refractivity (Wildman–Crippen MR) is 43.0 cm³/mol. The summed E-state index contributed by atoms with van der Waals surface area (Å²) >= 11 is 0. The van der Waals surface area contributed by atoms with Crippen molar-refractivity contribution in [3.8, 4) is 5.75 Å². The summed E-state index contributed by atoms with van der Waals surface area (Å²) in [6.07, 6.45) is 1.54. The van der Waals surface area contributed by atoms with Crippen LogP contribution in [-0.2, 0) is 0 Å². The molecule has 0 unspecified atom stereocenters. The van der Waals surface area contributed by atoms with Gasteiger partial charge in [-0.15, -0.1) is 0 Å². The van der Waals surface area contributed by atoms with Crippen molar-refractivity contribution in [3.05, 3.63) is 24.0 Å². The molecule has 0 saturated heterocycles. The van der Waals surface area contributed by atoms with Crippen molar-refractivity contribution >= 4 is 12.0 Å². The predicted octanol–water partition coefficient (Wildman–Crippen LogP) is -0.362. The van der Waals surface area contributed by atoms with Crippen molar-refractivity contribution < 1.29 is 14.3 Å². The van der Waals surface area contributed by atoms with Crippen molar-refractivity contribution in [3.63, 3.8) is 0 Å². The maximum atomic E-state index is 10.6. The van der Waals surface area contributed by atoms with Crippen LogP contribution < -0.4 is 16.2 Å². The molecule has 0 aliphatic carbocycles. The molecule has 0 atom stereocenters. The molecule has 0 fully saturated rings. The molecule has 0 bridgehead atoms. The van der Waals surface area contributed by atoms with E-state index < -0.39 is 12.0 Å². The Labute approximate surface area is 73.5 Å². The summed E-state index contributed by atoms with van der Waals surface area (Å²) in [4.78, 5) is 24.6. The SMILES string of the molecule is NC(=O)Oc1cncc(C(N)=O)c1. The minimum atomic E-state index is -0.969. The number of hydrogen-bond acceptors (Lipinski definition) is 4. The zero-order valence-electron chi connectivity index (χ0n) is 6.56. The van der Waals surface area contributed by atoms with E-state index in [-0.39, 0.29) is 11.3 Å². The minimum Gasteiger partial charge on any atom is -0.409 e. The molecule has 1 heterocycles. The molecular formula is C7H7N3O3. The first kappa shape index (κ1) is 8.98. The number of carbonyl (C=O) groups excluding carboxylic acids is 2. The topological polar surface area (TPSA) is 108 Å². The average molecular weight is 181 g/mol. The number of aromatic nitrogens is 1. The number of hydrogen-bond donors (Lipinski definition) is 2. The van der Waals surface area contributed by atoms with E-state index in [9.17, 15) is 9.59 Å². The van der Waals surface area contributed by atoms with Crippen LogP contribution in [0.15, 0.2) is 18.5 Å². The van der Waals surface area contributed by atoms with Crippen LogP contribution in [0, 0.1) is 0 Å². The Kier molecular flexibility index (Phi) is 2.44. The lowest BCUT2D eigenvalue weighted by atomic mass is 10.3. The molecule has 1 aromatic heterocycles. The lowest BCUT2D eigenvalue weighted by Crippen LogP contribution is -2.17. The third kappa shape index (κ3) is 2.44. The first-order chi connectivity index (χ1) is 6.09. The van der Waals surface area contributed by atoms with Crippen LogP contribution in [0.2, 0.25) is 0 Å². The van der Waals surface area contributed by atoms with E-state index in [4.69, 9.17) is 11.5 Å². The quantitative estimate of drug-likeness (QED) is 0.649. The van der Waals surface area contributed by atoms with Crippen LogP contribution in [-0.4, -0.2) is 17.0 Å². The molecule has 0 saturated carbocycles. The second-order valence-corrected chi connectivity index (χ2v) is 2.19. The highest BCUT2D eigenvalue weighted by atomic mass is 16.5. The Bertz CT molecular complexity index is 351. The van der Waals surface area contributed by atoms with Crippen LogP contribution >= 0.6 is 0 Å². The van der Waals surface area contributed by atoms with E-state index in [1.807, 2.05) is 0 Å². The molecule has 1 aromatic rings. The van der Waals surface area contributed by atoms with E-state index >= 15 is 0 Å². The van der Waals surface area contributed by atoms with Gasteiger partial charge in [0.15, 0.2) is 5.75 Å². The van der Waals surface area contributed by atoms with Crippen LogP contribution in [0.4, 0.5) is 4.79 Å². The van der Waals surface area contributed by atoms with Crippen LogP contribution in [0.1, 0.15) is 10.4 Å². The number of primary amides is 2. The lowest BCUT2D eigenvalue weighted by molar-refractivity contribution is 0.0999.